The van der Waals surface area contributed by atoms with Crippen molar-refractivity contribution in [1.82, 2.24) is 4.90 Å². The number of benzene rings is 2. The van der Waals surface area contributed by atoms with Crippen molar-refractivity contribution in [2.75, 3.05) is 13.2 Å². The van der Waals surface area contributed by atoms with Crippen molar-refractivity contribution in [2.24, 2.45) is 0 Å². The first-order valence-corrected chi connectivity index (χ1v) is 9.75. The molecule has 4 rings (SSSR count). The van der Waals surface area contributed by atoms with E-state index in [2.05, 4.69) is 6.92 Å². The normalized spacial score (nSPS) is 15.9. The molecular formula is C23H23NO4. The van der Waals surface area contributed by atoms with Crippen LogP contribution in [0.5, 0.6) is 5.75 Å². The third kappa shape index (κ3) is 2.97. The van der Waals surface area contributed by atoms with Crippen molar-refractivity contribution in [1.29, 1.82) is 0 Å². The molecule has 1 atom stereocenters. The Hall–Kier alpha value is -3.08. The molecule has 0 unspecified atom stereocenters. The molecule has 0 radical (unpaired) electrons. The molecule has 0 saturated carbocycles. The van der Waals surface area contributed by atoms with Crippen molar-refractivity contribution in [3.63, 3.8) is 0 Å². The zero-order chi connectivity index (χ0) is 19.7. The highest BCUT2D eigenvalue weighted by Gasteiger charge is 2.42. The van der Waals surface area contributed by atoms with Crippen LogP contribution in [-0.2, 0) is 0 Å². The number of fused-ring (bicyclic) bond motifs is 2. The van der Waals surface area contributed by atoms with E-state index in [1.54, 1.807) is 29.2 Å². The van der Waals surface area contributed by atoms with Gasteiger partial charge < -0.3 is 14.1 Å². The van der Waals surface area contributed by atoms with Gasteiger partial charge in [-0.25, -0.2) is 0 Å². The SMILES string of the molecule is CCCOc1cccc([C@H]2c3c(oc4ccccc4c3=O)C(=O)N2CCC)c1. The van der Waals surface area contributed by atoms with E-state index in [-0.39, 0.29) is 17.1 Å². The van der Waals surface area contributed by atoms with Gasteiger partial charge in [-0.05, 0) is 42.7 Å². The van der Waals surface area contributed by atoms with Crippen molar-refractivity contribution < 1.29 is 13.9 Å². The number of hydrogen-bond donors (Lipinski definition) is 0. The quantitative estimate of drug-likeness (QED) is 0.633. The van der Waals surface area contributed by atoms with E-state index in [1.807, 2.05) is 31.2 Å². The molecule has 3 aromatic rings. The van der Waals surface area contributed by atoms with Crippen LogP contribution >= 0.6 is 0 Å². The Morgan fingerprint density at radius 1 is 1.04 bits per heavy atom. The third-order valence-corrected chi connectivity index (χ3v) is 4.98. The van der Waals surface area contributed by atoms with E-state index in [0.29, 0.717) is 29.7 Å². The Bertz CT molecular complexity index is 1090. The second kappa shape index (κ2) is 7.50. The van der Waals surface area contributed by atoms with Gasteiger partial charge in [-0.2, -0.15) is 0 Å². The summed E-state index contributed by atoms with van der Waals surface area (Å²) in [5.74, 6) is 0.661. The molecule has 28 heavy (non-hydrogen) atoms. The first-order chi connectivity index (χ1) is 13.7. The minimum Gasteiger partial charge on any atom is -0.494 e. The largest absolute Gasteiger partial charge is 0.494 e. The lowest BCUT2D eigenvalue weighted by Crippen LogP contribution is -2.30. The first kappa shape index (κ1) is 18.3. The topological polar surface area (TPSA) is 59.8 Å². The number of nitrogens with zero attached hydrogens (tertiary/aromatic N) is 1. The third-order valence-electron chi connectivity index (χ3n) is 4.98. The lowest BCUT2D eigenvalue weighted by Gasteiger charge is -2.25. The van der Waals surface area contributed by atoms with Gasteiger partial charge in [0.05, 0.1) is 23.6 Å². The molecule has 0 saturated heterocycles. The van der Waals surface area contributed by atoms with Gasteiger partial charge in [0.15, 0.2) is 5.43 Å². The lowest BCUT2D eigenvalue weighted by molar-refractivity contribution is 0.0728. The molecule has 0 N–H and O–H groups in total. The summed E-state index contributed by atoms with van der Waals surface area (Å²) in [7, 11) is 0. The maximum atomic E-state index is 13.3. The minimum absolute atomic E-state index is 0.145. The molecule has 1 amide bonds. The number of carbonyl (C=O) groups excluding carboxylic acids is 1. The van der Waals surface area contributed by atoms with Crippen LogP contribution in [0.2, 0.25) is 0 Å². The molecule has 2 heterocycles. The van der Waals surface area contributed by atoms with Gasteiger partial charge in [0.1, 0.15) is 11.3 Å². The summed E-state index contributed by atoms with van der Waals surface area (Å²) in [6.07, 6.45) is 1.70. The van der Waals surface area contributed by atoms with Gasteiger partial charge in [-0.1, -0.05) is 38.1 Å². The van der Waals surface area contributed by atoms with E-state index in [0.717, 1.165) is 24.2 Å². The van der Waals surface area contributed by atoms with Crippen molar-refractivity contribution in [3.8, 4) is 5.75 Å². The molecule has 0 fully saturated rings. The fraction of sp³-hybridized carbons (Fsp3) is 0.304. The summed E-state index contributed by atoms with van der Waals surface area (Å²) in [6, 6.07) is 14.2. The van der Waals surface area contributed by atoms with E-state index in [1.165, 1.54) is 0 Å². The van der Waals surface area contributed by atoms with E-state index in [9.17, 15) is 9.59 Å². The number of amides is 1. The maximum Gasteiger partial charge on any atom is 0.290 e. The fourth-order valence-corrected chi connectivity index (χ4v) is 3.78. The summed E-state index contributed by atoms with van der Waals surface area (Å²) >= 11 is 0. The van der Waals surface area contributed by atoms with Gasteiger partial charge >= 0.3 is 0 Å². The van der Waals surface area contributed by atoms with Gasteiger partial charge in [-0.3, -0.25) is 9.59 Å². The van der Waals surface area contributed by atoms with Crippen LogP contribution in [0.15, 0.2) is 57.7 Å². The van der Waals surface area contributed by atoms with Crippen LogP contribution in [-0.4, -0.2) is 24.0 Å². The average Bonchev–Trinajstić information content (AvgIpc) is 2.99. The van der Waals surface area contributed by atoms with E-state index < -0.39 is 6.04 Å². The highest BCUT2D eigenvalue weighted by atomic mass is 16.5. The van der Waals surface area contributed by atoms with Gasteiger partial charge in [0.25, 0.3) is 5.91 Å². The Balaban J connectivity index is 1.90. The molecule has 0 spiro atoms. The molecule has 1 aromatic heterocycles. The van der Waals surface area contributed by atoms with Crippen LogP contribution in [0, 0.1) is 0 Å². The smallest absolute Gasteiger partial charge is 0.290 e. The molecule has 144 valence electrons. The Labute approximate surface area is 163 Å². The van der Waals surface area contributed by atoms with E-state index in [4.69, 9.17) is 9.15 Å². The number of ether oxygens (including phenoxy) is 1. The molecule has 2 aromatic carbocycles. The summed E-state index contributed by atoms with van der Waals surface area (Å²) in [6.45, 7) is 5.23. The van der Waals surface area contributed by atoms with Crippen LogP contribution < -0.4 is 10.2 Å². The summed E-state index contributed by atoms with van der Waals surface area (Å²) in [5, 5.41) is 0.496. The fourth-order valence-electron chi connectivity index (χ4n) is 3.78. The minimum atomic E-state index is -0.464. The molecule has 5 nitrogen and oxygen atoms in total. The molecule has 0 bridgehead atoms. The second-order valence-corrected chi connectivity index (χ2v) is 6.99. The average molecular weight is 377 g/mol. The summed E-state index contributed by atoms with van der Waals surface area (Å²) < 4.78 is 11.7. The molecule has 1 aliphatic heterocycles. The summed E-state index contributed by atoms with van der Waals surface area (Å²) in [4.78, 5) is 28.1. The zero-order valence-electron chi connectivity index (χ0n) is 16.1. The predicted molar refractivity (Wildman–Crippen MR) is 108 cm³/mol. The molecule has 0 aliphatic carbocycles. The number of hydrogen-bond acceptors (Lipinski definition) is 4. The van der Waals surface area contributed by atoms with Crippen molar-refractivity contribution in [2.45, 2.75) is 32.7 Å². The van der Waals surface area contributed by atoms with Gasteiger partial charge in [0.2, 0.25) is 5.76 Å². The lowest BCUT2D eigenvalue weighted by atomic mass is 9.98. The van der Waals surface area contributed by atoms with Crippen molar-refractivity contribution in [3.05, 3.63) is 75.6 Å². The summed E-state index contributed by atoms with van der Waals surface area (Å²) in [5.41, 5.74) is 1.58. The maximum absolute atomic E-state index is 13.3. The Kier molecular flexibility index (Phi) is 4.90. The molecule has 5 heteroatoms. The zero-order valence-corrected chi connectivity index (χ0v) is 16.1. The van der Waals surface area contributed by atoms with Crippen LogP contribution in [0.4, 0.5) is 0 Å². The van der Waals surface area contributed by atoms with Crippen LogP contribution in [0.1, 0.15) is 54.4 Å². The molecular weight excluding hydrogens is 354 g/mol. The van der Waals surface area contributed by atoms with Crippen LogP contribution in [0.25, 0.3) is 11.0 Å². The first-order valence-electron chi connectivity index (χ1n) is 9.75. The van der Waals surface area contributed by atoms with Gasteiger partial charge in [-0.15, -0.1) is 0 Å². The molecule has 1 aliphatic rings. The monoisotopic (exact) mass is 377 g/mol. The highest BCUT2D eigenvalue weighted by Crippen LogP contribution is 2.39. The number of rotatable bonds is 6. The second-order valence-electron chi connectivity index (χ2n) is 6.99. The van der Waals surface area contributed by atoms with Crippen molar-refractivity contribution >= 4 is 16.9 Å². The van der Waals surface area contributed by atoms with Crippen LogP contribution in [0.3, 0.4) is 0 Å². The highest BCUT2D eigenvalue weighted by molar-refractivity contribution is 5.99. The number of carbonyl (C=O) groups is 1. The Morgan fingerprint density at radius 2 is 1.86 bits per heavy atom. The standard InChI is InChI=1S/C23H23NO4/c1-3-12-24-20(15-8-7-9-16(14-15)27-13-4-2)19-21(25)17-10-5-6-11-18(17)28-22(19)23(24)26/h5-11,14,20H,3-4,12-13H2,1-2H3/t20-/m0/s1. The Morgan fingerprint density at radius 3 is 2.64 bits per heavy atom. The number of para-hydroxylation sites is 1. The van der Waals surface area contributed by atoms with E-state index >= 15 is 0 Å². The van der Waals surface area contributed by atoms with Gasteiger partial charge in [0, 0.05) is 6.54 Å². The predicted octanol–water partition coefficient (Wildman–Crippen LogP) is 4.54.